The van der Waals surface area contributed by atoms with Crippen LogP contribution < -0.4 is 5.32 Å². The van der Waals surface area contributed by atoms with E-state index in [0.717, 1.165) is 46.9 Å². The first-order chi connectivity index (χ1) is 11.3. The van der Waals surface area contributed by atoms with Crippen LogP contribution in [0.25, 0.3) is 21.8 Å². The van der Waals surface area contributed by atoms with Gasteiger partial charge in [0.1, 0.15) is 5.65 Å². The quantitative estimate of drug-likeness (QED) is 0.720. The number of nitrogens with one attached hydrogen (secondary N) is 2. The fraction of sp³-hybridized carbons (Fsp3) is 0.375. The van der Waals surface area contributed by atoms with Gasteiger partial charge in [-0.25, -0.2) is 9.78 Å². The van der Waals surface area contributed by atoms with Crippen molar-refractivity contribution in [3.05, 3.63) is 30.4 Å². The maximum absolute atomic E-state index is 11.9. The number of aromatic amines is 1. The van der Waals surface area contributed by atoms with Crippen molar-refractivity contribution in [1.82, 2.24) is 30.4 Å². The Balaban J connectivity index is 1.82. The Morgan fingerprint density at radius 1 is 1.43 bits per heavy atom. The zero-order valence-corrected chi connectivity index (χ0v) is 12.9. The Hall–Kier alpha value is -2.70. The van der Waals surface area contributed by atoms with Crippen molar-refractivity contribution in [2.24, 2.45) is 0 Å². The van der Waals surface area contributed by atoms with E-state index in [-0.39, 0.29) is 11.9 Å². The van der Waals surface area contributed by atoms with Crippen LogP contribution >= 0.6 is 0 Å². The van der Waals surface area contributed by atoms with E-state index >= 15 is 0 Å². The van der Waals surface area contributed by atoms with Crippen LogP contribution in [0.2, 0.25) is 0 Å². The van der Waals surface area contributed by atoms with E-state index in [1.807, 2.05) is 23.4 Å². The molecule has 7 heteroatoms. The smallest absolute Gasteiger partial charge is 0.317 e. The normalized spacial score (nSPS) is 18.5. The molecule has 1 fully saturated rings. The highest BCUT2D eigenvalue weighted by atomic mass is 16.2. The molecule has 4 heterocycles. The Labute approximate surface area is 133 Å². The number of carbonyl (C=O) groups is 1. The summed E-state index contributed by atoms with van der Waals surface area (Å²) >= 11 is 0. The average Bonchev–Trinajstić information content (AvgIpc) is 3.09. The van der Waals surface area contributed by atoms with Crippen molar-refractivity contribution >= 4 is 27.8 Å². The third-order valence-electron chi connectivity index (χ3n) is 4.54. The van der Waals surface area contributed by atoms with Crippen molar-refractivity contribution in [1.29, 1.82) is 0 Å². The molecule has 3 aromatic rings. The Morgan fingerprint density at radius 3 is 3.22 bits per heavy atom. The highest BCUT2D eigenvalue weighted by Gasteiger charge is 2.27. The molecule has 118 valence electrons. The number of hydrogen-bond acceptors (Lipinski definition) is 4. The molecule has 1 aliphatic heterocycles. The number of fused-ring (bicyclic) bond motifs is 3. The number of hydrogen-bond donors (Lipinski definition) is 2. The molecule has 23 heavy (non-hydrogen) atoms. The minimum absolute atomic E-state index is 0.0312. The Bertz CT molecular complexity index is 873. The maximum Gasteiger partial charge on any atom is 0.317 e. The lowest BCUT2D eigenvalue weighted by Gasteiger charge is -2.32. The number of amides is 2. The summed E-state index contributed by atoms with van der Waals surface area (Å²) in [7, 11) is 1.67. The molecule has 1 atom stereocenters. The molecule has 0 bridgehead atoms. The molecule has 2 N–H and O–H groups in total. The zero-order chi connectivity index (χ0) is 15.8. The number of H-pyrrole nitrogens is 1. The van der Waals surface area contributed by atoms with E-state index < -0.39 is 0 Å². The number of aromatic nitrogens is 4. The summed E-state index contributed by atoms with van der Waals surface area (Å²) in [6, 6.07) is 1.99. The molecule has 3 aromatic heterocycles. The molecule has 7 nitrogen and oxygen atoms in total. The van der Waals surface area contributed by atoms with Gasteiger partial charge in [0, 0.05) is 54.6 Å². The van der Waals surface area contributed by atoms with E-state index in [0.29, 0.717) is 6.54 Å². The maximum atomic E-state index is 11.9. The molecule has 0 radical (unpaired) electrons. The molecule has 0 aromatic carbocycles. The van der Waals surface area contributed by atoms with Gasteiger partial charge in [-0.15, -0.1) is 0 Å². The summed E-state index contributed by atoms with van der Waals surface area (Å²) in [5, 5.41) is 14.4. The highest BCUT2D eigenvalue weighted by Crippen LogP contribution is 2.33. The fourth-order valence-electron chi connectivity index (χ4n) is 3.44. The van der Waals surface area contributed by atoms with Crippen LogP contribution in [0.5, 0.6) is 0 Å². The van der Waals surface area contributed by atoms with Crippen molar-refractivity contribution in [3.8, 4) is 0 Å². The predicted molar refractivity (Wildman–Crippen MR) is 87.2 cm³/mol. The number of likely N-dealkylation sites (tertiary alicyclic amines) is 1. The van der Waals surface area contributed by atoms with E-state index in [1.165, 1.54) is 0 Å². The Morgan fingerprint density at radius 2 is 2.35 bits per heavy atom. The van der Waals surface area contributed by atoms with E-state index in [4.69, 9.17) is 0 Å². The van der Waals surface area contributed by atoms with Gasteiger partial charge in [0.15, 0.2) is 0 Å². The number of nitrogens with zero attached hydrogens (tertiary/aromatic N) is 4. The van der Waals surface area contributed by atoms with Crippen LogP contribution in [0, 0.1) is 0 Å². The van der Waals surface area contributed by atoms with Crippen molar-refractivity contribution in [3.63, 3.8) is 0 Å². The van der Waals surface area contributed by atoms with Crippen LogP contribution in [-0.2, 0) is 0 Å². The summed E-state index contributed by atoms with van der Waals surface area (Å²) in [5.41, 5.74) is 1.81. The predicted octanol–water partition coefficient (Wildman–Crippen LogP) is 2.02. The van der Waals surface area contributed by atoms with Crippen LogP contribution in [-0.4, -0.2) is 51.2 Å². The molecule has 0 spiro atoms. The first-order valence-corrected chi connectivity index (χ1v) is 7.82. The van der Waals surface area contributed by atoms with Gasteiger partial charge in [0.25, 0.3) is 0 Å². The average molecular weight is 310 g/mol. The number of pyridine rings is 1. The van der Waals surface area contributed by atoms with Gasteiger partial charge in [0.2, 0.25) is 0 Å². The Kier molecular flexibility index (Phi) is 3.33. The van der Waals surface area contributed by atoms with Crippen LogP contribution in [0.4, 0.5) is 4.79 Å². The zero-order valence-electron chi connectivity index (χ0n) is 12.9. The highest BCUT2D eigenvalue weighted by molar-refractivity contribution is 6.05. The van der Waals surface area contributed by atoms with Gasteiger partial charge in [0.05, 0.1) is 11.9 Å². The number of piperidine rings is 1. The summed E-state index contributed by atoms with van der Waals surface area (Å²) in [6.07, 6.45) is 7.44. The third kappa shape index (κ3) is 2.28. The van der Waals surface area contributed by atoms with E-state index in [1.54, 1.807) is 13.2 Å². The molecule has 2 amide bonds. The van der Waals surface area contributed by atoms with Gasteiger partial charge < -0.3 is 15.2 Å². The summed E-state index contributed by atoms with van der Waals surface area (Å²) in [4.78, 5) is 21.4. The van der Waals surface area contributed by atoms with Crippen LogP contribution in [0.15, 0.2) is 24.7 Å². The molecular formula is C16H18N6O. The second kappa shape index (κ2) is 5.49. The summed E-state index contributed by atoms with van der Waals surface area (Å²) in [6.45, 7) is 1.46. The lowest BCUT2D eigenvalue weighted by atomic mass is 9.91. The second-order valence-corrected chi connectivity index (χ2v) is 5.90. The molecule has 1 aliphatic rings. The minimum Gasteiger partial charge on any atom is -0.346 e. The largest absolute Gasteiger partial charge is 0.346 e. The van der Waals surface area contributed by atoms with Gasteiger partial charge in [-0.1, -0.05) is 0 Å². The number of urea groups is 1. The van der Waals surface area contributed by atoms with E-state index in [2.05, 4.69) is 25.5 Å². The fourth-order valence-corrected chi connectivity index (χ4v) is 3.44. The van der Waals surface area contributed by atoms with Crippen molar-refractivity contribution in [2.75, 3.05) is 20.1 Å². The first kappa shape index (κ1) is 13.9. The number of rotatable bonds is 1. The topological polar surface area (TPSA) is 86.8 Å². The monoisotopic (exact) mass is 310 g/mol. The number of carbonyl (C=O) groups excluding carboxylic acids is 1. The SMILES string of the molecule is CNC(=O)N1CCCC(c2nncc3cnc4[nH]ccc4c23)C1. The molecule has 1 unspecified atom stereocenters. The summed E-state index contributed by atoms with van der Waals surface area (Å²) in [5.74, 6) is 0.192. The molecule has 0 saturated carbocycles. The minimum atomic E-state index is -0.0312. The molecule has 1 saturated heterocycles. The van der Waals surface area contributed by atoms with E-state index in [9.17, 15) is 4.79 Å². The lowest BCUT2D eigenvalue weighted by Crippen LogP contribution is -2.43. The van der Waals surface area contributed by atoms with Gasteiger partial charge >= 0.3 is 6.03 Å². The van der Waals surface area contributed by atoms with Crippen LogP contribution in [0.1, 0.15) is 24.5 Å². The second-order valence-electron chi connectivity index (χ2n) is 5.90. The van der Waals surface area contributed by atoms with Crippen molar-refractivity contribution in [2.45, 2.75) is 18.8 Å². The first-order valence-electron chi connectivity index (χ1n) is 7.82. The van der Waals surface area contributed by atoms with Crippen LogP contribution in [0.3, 0.4) is 0 Å². The van der Waals surface area contributed by atoms with Crippen molar-refractivity contribution < 1.29 is 4.79 Å². The molecule has 0 aliphatic carbocycles. The van der Waals surface area contributed by atoms with Gasteiger partial charge in [-0.2, -0.15) is 10.2 Å². The lowest BCUT2D eigenvalue weighted by molar-refractivity contribution is 0.181. The molecule has 4 rings (SSSR count). The standard InChI is InChI=1S/C16H18N6O/c1-17-16(23)22-6-2-3-10(9-22)14-13-11(8-20-21-14)7-19-15-12(13)4-5-18-15/h4-5,7-8,10H,2-3,6,9H2,1H3,(H,17,23)(H,18,19). The van der Waals surface area contributed by atoms with Gasteiger partial charge in [-0.05, 0) is 18.9 Å². The molecular weight excluding hydrogens is 292 g/mol. The van der Waals surface area contributed by atoms with Gasteiger partial charge in [-0.3, -0.25) is 0 Å². The summed E-state index contributed by atoms with van der Waals surface area (Å²) < 4.78 is 0. The third-order valence-corrected chi connectivity index (χ3v) is 4.54.